The van der Waals surface area contributed by atoms with E-state index in [1.807, 2.05) is 11.0 Å². The van der Waals surface area contributed by atoms with E-state index in [1.54, 1.807) is 6.07 Å². The van der Waals surface area contributed by atoms with Crippen molar-refractivity contribution in [1.82, 2.24) is 10.2 Å². The van der Waals surface area contributed by atoms with E-state index in [0.717, 1.165) is 25.9 Å². The highest BCUT2D eigenvalue weighted by Gasteiger charge is 2.18. The third-order valence-corrected chi connectivity index (χ3v) is 3.63. The first kappa shape index (κ1) is 14.9. The average molecular weight is 277 g/mol. The van der Waals surface area contributed by atoms with Crippen LogP contribution in [0.4, 0.5) is 4.39 Å². The molecule has 108 valence electrons. The molecule has 0 aliphatic carbocycles. The van der Waals surface area contributed by atoms with E-state index < -0.39 is 0 Å². The number of nitrogens with one attached hydrogen (secondary N) is 1. The van der Waals surface area contributed by atoms with Gasteiger partial charge in [-0.2, -0.15) is 5.26 Å². The van der Waals surface area contributed by atoms with Gasteiger partial charge in [0, 0.05) is 31.2 Å². The number of halogens is 1. The van der Waals surface area contributed by atoms with Crippen LogP contribution in [0.25, 0.3) is 0 Å². The Morgan fingerprint density at radius 2 is 2.35 bits per heavy atom. The van der Waals surface area contributed by atoms with E-state index in [1.165, 1.54) is 12.1 Å². The highest BCUT2D eigenvalue weighted by Crippen LogP contribution is 2.14. The quantitative estimate of drug-likeness (QED) is 0.821. The molecule has 0 saturated carbocycles. The highest BCUT2D eigenvalue weighted by molar-refractivity contribution is 5.33. The lowest BCUT2D eigenvalue weighted by molar-refractivity contribution is 0.177. The van der Waals surface area contributed by atoms with Gasteiger partial charge in [-0.3, -0.25) is 4.90 Å². The Hall–Kier alpha value is -1.48. The Balaban J connectivity index is 2.04. The van der Waals surface area contributed by atoms with Gasteiger partial charge in [-0.05, 0) is 37.6 Å². The SMILES string of the molecule is N#Cc1ccc(F)c(CN(CCO)CC2CCCN2)c1. The summed E-state index contributed by atoms with van der Waals surface area (Å²) >= 11 is 0. The first-order chi connectivity index (χ1) is 9.72. The third kappa shape index (κ3) is 4.01. The summed E-state index contributed by atoms with van der Waals surface area (Å²) in [6.07, 6.45) is 2.28. The van der Waals surface area contributed by atoms with Crippen LogP contribution in [0.5, 0.6) is 0 Å². The summed E-state index contributed by atoms with van der Waals surface area (Å²) in [5, 5.41) is 21.4. The normalized spacial score (nSPS) is 18.4. The molecule has 1 aromatic carbocycles. The van der Waals surface area contributed by atoms with Crippen LogP contribution in [0.3, 0.4) is 0 Å². The molecule has 1 unspecified atom stereocenters. The van der Waals surface area contributed by atoms with E-state index >= 15 is 0 Å². The van der Waals surface area contributed by atoms with E-state index in [-0.39, 0.29) is 12.4 Å². The fourth-order valence-electron chi connectivity index (χ4n) is 2.61. The molecule has 0 amide bonds. The Bertz CT molecular complexity index is 480. The van der Waals surface area contributed by atoms with Crippen LogP contribution in [0.2, 0.25) is 0 Å². The largest absolute Gasteiger partial charge is 0.395 e. The topological polar surface area (TPSA) is 59.3 Å². The minimum absolute atomic E-state index is 0.0479. The zero-order valence-corrected chi connectivity index (χ0v) is 11.5. The number of aliphatic hydroxyl groups is 1. The molecule has 1 fully saturated rings. The third-order valence-electron chi connectivity index (χ3n) is 3.63. The summed E-state index contributed by atoms with van der Waals surface area (Å²) in [5.41, 5.74) is 0.972. The van der Waals surface area contributed by atoms with E-state index in [2.05, 4.69) is 5.32 Å². The van der Waals surface area contributed by atoms with Gasteiger partial charge in [0.1, 0.15) is 5.82 Å². The lowest BCUT2D eigenvalue weighted by atomic mass is 10.1. The molecule has 1 aliphatic heterocycles. The Morgan fingerprint density at radius 3 is 3.00 bits per heavy atom. The number of hydrogen-bond acceptors (Lipinski definition) is 4. The molecule has 1 saturated heterocycles. The second-order valence-corrected chi connectivity index (χ2v) is 5.17. The summed E-state index contributed by atoms with van der Waals surface area (Å²) in [5.74, 6) is -0.300. The molecule has 2 rings (SSSR count). The molecule has 2 N–H and O–H groups in total. The lowest BCUT2D eigenvalue weighted by Crippen LogP contribution is -2.38. The van der Waals surface area contributed by atoms with Crippen LogP contribution < -0.4 is 5.32 Å². The Morgan fingerprint density at radius 1 is 1.50 bits per heavy atom. The number of nitrogens with zero attached hydrogens (tertiary/aromatic N) is 2. The molecule has 1 aliphatic rings. The standard InChI is InChI=1S/C15H20FN3O/c16-15-4-3-12(9-17)8-13(15)10-19(6-7-20)11-14-2-1-5-18-14/h3-4,8,14,18,20H,1-2,5-7,10-11H2. The van der Waals surface area contributed by atoms with Crippen LogP contribution >= 0.6 is 0 Å². The van der Waals surface area contributed by atoms with Gasteiger partial charge in [0.2, 0.25) is 0 Å². The van der Waals surface area contributed by atoms with Crippen molar-refractivity contribution in [2.75, 3.05) is 26.2 Å². The van der Waals surface area contributed by atoms with Crippen molar-refractivity contribution in [3.8, 4) is 6.07 Å². The summed E-state index contributed by atoms with van der Waals surface area (Å²) in [7, 11) is 0. The smallest absolute Gasteiger partial charge is 0.127 e. The lowest BCUT2D eigenvalue weighted by Gasteiger charge is -2.25. The van der Waals surface area contributed by atoms with Gasteiger partial charge in [-0.25, -0.2) is 4.39 Å². The van der Waals surface area contributed by atoms with Gasteiger partial charge in [0.05, 0.1) is 18.2 Å². The molecule has 1 aromatic rings. The van der Waals surface area contributed by atoms with Crippen LogP contribution in [0, 0.1) is 17.1 Å². The van der Waals surface area contributed by atoms with Crippen molar-refractivity contribution in [2.24, 2.45) is 0 Å². The molecule has 5 heteroatoms. The van der Waals surface area contributed by atoms with Crippen LogP contribution in [-0.2, 0) is 6.54 Å². The molecular formula is C15H20FN3O. The van der Waals surface area contributed by atoms with Gasteiger partial charge in [-0.1, -0.05) is 0 Å². The maximum Gasteiger partial charge on any atom is 0.127 e. The number of aliphatic hydroxyl groups excluding tert-OH is 1. The predicted molar refractivity (Wildman–Crippen MR) is 74.5 cm³/mol. The molecular weight excluding hydrogens is 257 g/mol. The van der Waals surface area contributed by atoms with Crippen molar-refractivity contribution in [3.63, 3.8) is 0 Å². The number of rotatable bonds is 6. The minimum Gasteiger partial charge on any atom is -0.395 e. The van der Waals surface area contributed by atoms with Gasteiger partial charge >= 0.3 is 0 Å². The Kier molecular flexibility index (Phi) is 5.48. The average Bonchev–Trinajstić information content (AvgIpc) is 2.94. The number of benzene rings is 1. The van der Waals surface area contributed by atoms with Crippen molar-refractivity contribution in [2.45, 2.75) is 25.4 Å². The van der Waals surface area contributed by atoms with E-state index in [0.29, 0.717) is 30.3 Å². The van der Waals surface area contributed by atoms with Gasteiger partial charge in [0.25, 0.3) is 0 Å². The number of hydrogen-bond donors (Lipinski definition) is 2. The molecule has 1 atom stereocenters. The molecule has 1 heterocycles. The first-order valence-corrected chi connectivity index (χ1v) is 6.98. The summed E-state index contributed by atoms with van der Waals surface area (Å²) in [6, 6.07) is 6.83. The van der Waals surface area contributed by atoms with Crippen LogP contribution in [-0.4, -0.2) is 42.3 Å². The monoisotopic (exact) mass is 277 g/mol. The highest BCUT2D eigenvalue weighted by atomic mass is 19.1. The number of nitriles is 1. The van der Waals surface area contributed by atoms with Crippen LogP contribution in [0.1, 0.15) is 24.0 Å². The molecule has 0 bridgehead atoms. The zero-order valence-electron chi connectivity index (χ0n) is 11.5. The molecule has 0 radical (unpaired) electrons. The summed E-state index contributed by atoms with van der Waals surface area (Å²) in [4.78, 5) is 2.03. The molecule has 0 aromatic heterocycles. The predicted octanol–water partition coefficient (Wildman–Crippen LogP) is 1.24. The fourth-order valence-corrected chi connectivity index (χ4v) is 2.61. The second-order valence-electron chi connectivity index (χ2n) is 5.17. The summed E-state index contributed by atoms with van der Waals surface area (Å²) in [6.45, 7) is 2.79. The van der Waals surface area contributed by atoms with Gasteiger partial charge < -0.3 is 10.4 Å². The summed E-state index contributed by atoms with van der Waals surface area (Å²) < 4.78 is 13.8. The van der Waals surface area contributed by atoms with Gasteiger partial charge in [0.15, 0.2) is 0 Å². The fraction of sp³-hybridized carbons (Fsp3) is 0.533. The zero-order chi connectivity index (χ0) is 14.4. The molecule has 20 heavy (non-hydrogen) atoms. The maximum absolute atomic E-state index is 13.8. The first-order valence-electron chi connectivity index (χ1n) is 6.98. The van der Waals surface area contributed by atoms with E-state index in [4.69, 9.17) is 10.4 Å². The van der Waals surface area contributed by atoms with Crippen LogP contribution in [0.15, 0.2) is 18.2 Å². The minimum atomic E-state index is -0.300. The molecule has 4 nitrogen and oxygen atoms in total. The maximum atomic E-state index is 13.8. The molecule has 0 spiro atoms. The van der Waals surface area contributed by atoms with Gasteiger partial charge in [-0.15, -0.1) is 0 Å². The van der Waals surface area contributed by atoms with Crippen molar-refractivity contribution in [3.05, 3.63) is 35.1 Å². The van der Waals surface area contributed by atoms with Crippen molar-refractivity contribution in [1.29, 1.82) is 5.26 Å². The van der Waals surface area contributed by atoms with E-state index in [9.17, 15) is 4.39 Å². The van der Waals surface area contributed by atoms with Crippen molar-refractivity contribution >= 4 is 0 Å². The second kappa shape index (κ2) is 7.34. The van der Waals surface area contributed by atoms with Crippen molar-refractivity contribution < 1.29 is 9.50 Å². The Labute approximate surface area is 118 Å².